The van der Waals surface area contributed by atoms with Crippen LogP contribution in [0.25, 0.3) is 0 Å². The molecule has 2 fully saturated rings. The van der Waals surface area contributed by atoms with E-state index in [0.717, 1.165) is 63.8 Å². The Bertz CT molecular complexity index is 710. The van der Waals surface area contributed by atoms with Crippen LogP contribution in [0, 0.1) is 0 Å². The first kappa shape index (κ1) is 22.4. The molecule has 30 heavy (non-hydrogen) atoms. The molecule has 3 rings (SSSR count). The van der Waals surface area contributed by atoms with Gasteiger partial charge in [0.15, 0.2) is 13.1 Å². The first-order chi connectivity index (χ1) is 14.5. The van der Waals surface area contributed by atoms with E-state index >= 15 is 0 Å². The molecule has 0 aliphatic carbocycles. The summed E-state index contributed by atoms with van der Waals surface area (Å²) >= 11 is 0. The number of methoxy groups -OCH3 is 1. The molecule has 0 unspecified atom stereocenters. The molecule has 0 atom stereocenters. The average Bonchev–Trinajstić information content (AvgIpc) is 2.74. The molecule has 2 amide bonds. The van der Waals surface area contributed by atoms with E-state index in [1.54, 1.807) is 7.11 Å². The van der Waals surface area contributed by atoms with Crippen molar-refractivity contribution in [3.63, 3.8) is 0 Å². The van der Waals surface area contributed by atoms with Crippen molar-refractivity contribution >= 4 is 17.5 Å². The second-order valence-corrected chi connectivity index (χ2v) is 8.62. The molecule has 2 heterocycles. The van der Waals surface area contributed by atoms with Gasteiger partial charge in [-0.05, 0) is 26.0 Å². The predicted molar refractivity (Wildman–Crippen MR) is 116 cm³/mol. The first-order valence-electron chi connectivity index (χ1n) is 11.1. The van der Waals surface area contributed by atoms with Crippen molar-refractivity contribution < 1.29 is 24.1 Å². The van der Waals surface area contributed by atoms with Gasteiger partial charge in [0.25, 0.3) is 11.8 Å². The fourth-order valence-corrected chi connectivity index (χ4v) is 4.31. The standard InChI is InChI=1S/C22H35N5O3/c1-18(2)23-21(28)16-24-10-14-27(15-11-24)22(29)17-25-8-12-26(13-9-25)19-6-4-5-7-20(19)30-3/h4-7,18H,8-17H2,1-3H3,(H,23,28)/p+2. The van der Waals surface area contributed by atoms with E-state index in [1.165, 1.54) is 9.80 Å². The van der Waals surface area contributed by atoms with Crippen LogP contribution in [0.3, 0.4) is 0 Å². The SMILES string of the molecule is COc1ccccc1N1CC[NH+](CC(=O)N2CC[NH+](CC(=O)NC(C)C)CC2)CC1. The number of anilines is 1. The number of rotatable bonds is 7. The van der Waals surface area contributed by atoms with Crippen molar-refractivity contribution in [1.29, 1.82) is 0 Å². The molecule has 1 aromatic carbocycles. The lowest BCUT2D eigenvalue weighted by Gasteiger charge is -2.36. The second-order valence-electron chi connectivity index (χ2n) is 8.62. The number of hydrogen-bond acceptors (Lipinski definition) is 4. The Morgan fingerprint density at radius 3 is 2.23 bits per heavy atom. The van der Waals surface area contributed by atoms with Crippen LogP contribution in [0.1, 0.15) is 13.8 Å². The lowest BCUT2D eigenvalue weighted by molar-refractivity contribution is -0.898. The van der Waals surface area contributed by atoms with Crippen molar-refractivity contribution in [2.24, 2.45) is 0 Å². The maximum atomic E-state index is 12.8. The quantitative estimate of drug-likeness (QED) is 0.463. The van der Waals surface area contributed by atoms with Gasteiger partial charge in [-0.25, -0.2) is 0 Å². The van der Waals surface area contributed by atoms with Crippen molar-refractivity contribution in [2.75, 3.05) is 77.5 Å². The minimum atomic E-state index is 0.0946. The number of ether oxygens (including phenoxy) is 1. The Kier molecular flexibility index (Phi) is 7.93. The summed E-state index contributed by atoms with van der Waals surface area (Å²) in [5, 5.41) is 2.95. The van der Waals surface area contributed by atoms with Gasteiger partial charge >= 0.3 is 0 Å². The normalized spacial score (nSPS) is 18.5. The van der Waals surface area contributed by atoms with E-state index in [1.807, 2.05) is 36.9 Å². The fourth-order valence-electron chi connectivity index (χ4n) is 4.31. The first-order valence-corrected chi connectivity index (χ1v) is 11.1. The number of carbonyl (C=O) groups excluding carboxylic acids is 2. The van der Waals surface area contributed by atoms with Gasteiger partial charge in [0.2, 0.25) is 0 Å². The average molecular weight is 420 g/mol. The van der Waals surface area contributed by atoms with Gasteiger partial charge < -0.3 is 29.7 Å². The fraction of sp³-hybridized carbons (Fsp3) is 0.636. The summed E-state index contributed by atoms with van der Waals surface area (Å²) in [5.74, 6) is 1.23. The molecule has 2 aliphatic heterocycles. The van der Waals surface area contributed by atoms with Crippen LogP contribution in [-0.2, 0) is 9.59 Å². The maximum absolute atomic E-state index is 12.8. The number of carbonyl (C=O) groups is 2. The van der Waals surface area contributed by atoms with E-state index < -0.39 is 0 Å². The van der Waals surface area contributed by atoms with Gasteiger partial charge in [0.05, 0.1) is 65.2 Å². The molecule has 8 heteroatoms. The minimum Gasteiger partial charge on any atom is -0.495 e. The number of quaternary nitrogens is 2. The van der Waals surface area contributed by atoms with Gasteiger partial charge in [0.1, 0.15) is 5.75 Å². The van der Waals surface area contributed by atoms with Crippen LogP contribution in [0.2, 0.25) is 0 Å². The molecule has 2 saturated heterocycles. The third kappa shape index (κ3) is 6.09. The lowest BCUT2D eigenvalue weighted by atomic mass is 10.2. The van der Waals surface area contributed by atoms with Crippen molar-refractivity contribution in [1.82, 2.24) is 10.2 Å². The van der Waals surface area contributed by atoms with E-state index in [2.05, 4.69) is 16.3 Å². The lowest BCUT2D eigenvalue weighted by Crippen LogP contribution is -3.17. The Morgan fingerprint density at radius 2 is 1.60 bits per heavy atom. The highest BCUT2D eigenvalue weighted by Crippen LogP contribution is 2.27. The van der Waals surface area contributed by atoms with Crippen LogP contribution < -0.4 is 24.8 Å². The molecule has 1 aromatic rings. The number of nitrogens with one attached hydrogen (secondary N) is 3. The van der Waals surface area contributed by atoms with Gasteiger partial charge in [-0.2, -0.15) is 0 Å². The van der Waals surface area contributed by atoms with Crippen molar-refractivity contribution in [2.45, 2.75) is 19.9 Å². The van der Waals surface area contributed by atoms with E-state index in [0.29, 0.717) is 13.1 Å². The topological polar surface area (TPSA) is 70.8 Å². The van der Waals surface area contributed by atoms with Gasteiger partial charge in [-0.1, -0.05) is 12.1 Å². The van der Waals surface area contributed by atoms with Crippen LogP contribution in [0.15, 0.2) is 24.3 Å². The Morgan fingerprint density at radius 1 is 1.00 bits per heavy atom. The monoisotopic (exact) mass is 419 g/mol. The van der Waals surface area contributed by atoms with Crippen LogP contribution in [0.5, 0.6) is 5.75 Å². The highest BCUT2D eigenvalue weighted by atomic mass is 16.5. The summed E-state index contributed by atoms with van der Waals surface area (Å²) in [5.41, 5.74) is 1.13. The third-order valence-corrected chi connectivity index (χ3v) is 5.98. The van der Waals surface area contributed by atoms with Gasteiger partial charge in [-0.15, -0.1) is 0 Å². The molecule has 0 spiro atoms. The predicted octanol–water partition coefficient (Wildman–Crippen LogP) is -2.35. The third-order valence-electron chi connectivity index (χ3n) is 5.98. The summed E-state index contributed by atoms with van der Waals surface area (Å²) in [4.78, 5) is 31.6. The highest BCUT2D eigenvalue weighted by Gasteiger charge is 2.29. The molecule has 0 aromatic heterocycles. The largest absolute Gasteiger partial charge is 0.495 e. The molecule has 0 saturated carbocycles. The van der Waals surface area contributed by atoms with Crippen molar-refractivity contribution in [3.8, 4) is 5.75 Å². The Hall–Kier alpha value is -2.32. The smallest absolute Gasteiger partial charge is 0.278 e. The number of para-hydroxylation sites is 2. The zero-order valence-corrected chi connectivity index (χ0v) is 18.6. The summed E-state index contributed by atoms with van der Waals surface area (Å²) < 4.78 is 5.48. The number of nitrogens with zero attached hydrogens (tertiary/aromatic N) is 2. The molecule has 0 radical (unpaired) electrons. The summed E-state index contributed by atoms with van der Waals surface area (Å²) in [6.45, 7) is 11.9. The number of piperazine rings is 2. The summed E-state index contributed by atoms with van der Waals surface area (Å²) in [6.07, 6.45) is 0. The van der Waals surface area contributed by atoms with Crippen LogP contribution >= 0.6 is 0 Å². The maximum Gasteiger partial charge on any atom is 0.278 e. The minimum absolute atomic E-state index is 0.0946. The summed E-state index contributed by atoms with van der Waals surface area (Å²) in [7, 11) is 1.71. The van der Waals surface area contributed by atoms with Gasteiger partial charge in [-0.3, -0.25) is 9.59 Å². The van der Waals surface area contributed by atoms with Crippen LogP contribution in [0.4, 0.5) is 5.69 Å². The molecular formula is C22H37N5O3+2. The Balaban J connectivity index is 1.40. The van der Waals surface area contributed by atoms with Crippen LogP contribution in [-0.4, -0.2) is 95.3 Å². The zero-order chi connectivity index (χ0) is 21.5. The van der Waals surface area contributed by atoms with E-state index in [-0.39, 0.29) is 17.9 Å². The summed E-state index contributed by atoms with van der Waals surface area (Å²) in [6, 6.07) is 8.28. The molecule has 166 valence electrons. The molecule has 8 nitrogen and oxygen atoms in total. The zero-order valence-electron chi connectivity index (χ0n) is 18.6. The number of amides is 2. The molecule has 0 bridgehead atoms. The second kappa shape index (κ2) is 10.6. The number of benzene rings is 1. The van der Waals surface area contributed by atoms with Gasteiger partial charge in [0, 0.05) is 6.04 Å². The van der Waals surface area contributed by atoms with Crippen molar-refractivity contribution in [3.05, 3.63) is 24.3 Å². The van der Waals surface area contributed by atoms with E-state index in [4.69, 9.17) is 4.74 Å². The van der Waals surface area contributed by atoms with E-state index in [9.17, 15) is 9.59 Å². The molecule has 2 aliphatic rings. The Labute approximate surface area is 179 Å². The molecule has 3 N–H and O–H groups in total. The molecular weight excluding hydrogens is 382 g/mol. The highest BCUT2D eigenvalue weighted by molar-refractivity contribution is 5.78. The number of hydrogen-bond donors (Lipinski definition) is 3.